The van der Waals surface area contributed by atoms with Crippen LogP contribution >= 0.6 is 15.9 Å². The molecule has 30 heavy (non-hydrogen) atoms. The highest BCUT2D eigenvalue weighted by Gasteiger charge is 2.18. The summed E-state index contributed by atoms with van der Waals surface area (Å²) >= 11 is 3.46. The number of aromatic nitrogens is 3. The van der Waals surface area contributed by atoms with Crippen molar-refractivity contribution in [1.82, 2.24) is 14.8 Å². The number of nitrogens with zero attached hydrogens (tertiary/aromatic N) is 4. The lowest BCUT2D eigenvalue weighted by Gasteiger charge is -2.14. The average molecular weight is 459 g/mol. The third-order valence-corrected chi connectivity index (χ3v) is 5.04. The number of pyridine rings is 1. The number of ether oxygens (including phenoxy) is 1. The molecule has 0 amide bonds. The van der Waals surface area contributed by atoms with Gasteiger partial charge in [-0.2, -0.15) is 15.0 Å². The first-order valence-corrected chi connectivity index (χ1v) is 9.81. The zero-order valence-corrected chi connectivity index (χ0v) is 17.5. The minimum atomic E-state index is -0.367. The zero-order valence-electron chi connectivity index (χ0n) is 15.9. The van der Waals surface area contributed by atoms with Crippen molar-refractivity contribution in [2.45, 2.75) is 0 Å². The Balaban J connectivity index is 2.08. The van der Waals surface area contributed by atoms with Crippen LogP contribution in [-0.2, 0) is 0 Å². The van der Waals surface area contributed by atoms with Gasteiger partial charge in [0.2, 0.25) is 0 Å². The van der Waals surface area contributed by atoms with E-state index in [9.17, 15) is 10.1 Å². The zero-order chi connectivity index (χ0) is 21.1. The van der Waals surface area contributed by atoms with E-state index in [1.807, 2.05) is 30.3 Å². The second kappa shape index (κ2) is 8.31. The van der Waals surface area contributed by atoms with Crippen LogP contribution in [0.5, 0.6) is 5.75 Å². The van der Waals surface area contributed by atoms with Crippen molar-refractivity contribution in [3.05, 3.63) is 93.3 Å². The minimum absolute atomic E-state index is 0.345. The summed E-state index contributed by atoms with van der Waals surface area (Å²) in [5.74, 6) is 0.550. The minimum Gasteiger partial charge on any atom is -0.496 e. The summed E-state index contributed by atoms with van der Waals surface area (Å²) in [6, 6.07) is 21.6. The van der Waals surface area contributed by atoms with E-state index in [4.69, 9.17) is 4.74 Å². The Labute approximate surface area is 181 Å². The molecular weight excluding hydrogens is 444 g/mol. The topological polar surface area (TPSA) is 80.8 Å². The van der Waals surface area contributed by atoms with E-state index in [1.165, 1.54) is 4.68 Å². The van der Waals surface area contributed by atoms with Gasteiger partial charge in [-0.05, 0) is 48.5 Å². The van der Waals surface area contributed by atoms with Gasteiger partial charge in [-0.25, -0.2) is 0 Å². The van der Waals surface area contributed by atoms with Crippen molar-refractivity contribution in [2.75, 3.05) is 7.11 Å². The fourth-order valence-electron chi connectivity index (χ4n) is 3.13. The highest BCUT2D eigenvalue weighted by atomic mass is 79.9. The predicted octanol–water partition coefficient (Wildman–Crippen LogP) is 4.60. The van der Waals surface area contributed by atoms with E-state index in [2.05, 4.69) is 32.1 Å². The van der Waals surface area contributed by atoms with Gasteiger partial charge in [0.15, 0.2) is 0 Å². The number of para-hydroxylation sites is 1. The second-order valence-corrected chi connectivity index (χ2v) is 7.26. The molecule has 4 aromatic rings. The molecule has 0 aliphatic carbocycles. The molecule has 2 aromatic heterocycles. The van der Waals surface area contributed by atoms with Crippen molar-refractivity contribution in [3.63, 3.8) is 0 Å². The highest BCUT2D eigenvalue weighted by Crippen LogP contribution is 2.32. The first kappa shape index (κ1) is 19.6. The van der Waals surface area contributed by atoms with Gasteiger partial charge in [0.25, 0.3) is 5.56 Å². The van der Waals surface area contributed by atoms with Gasteiger partial charge in [-0.15, -0.1) is 0 Å². The Morgan fingerprint density at radius 3 is 2.53 bits per heavy atom. The van der Waals surface area contributed by atoms with Crippen LogP contribution in [-0.4, -0.2) is 21.9 Å². The molecule has 4 rings (SSSR count). The van der Waals surface area contributed by atoms with Crippen LogP contribution < -0.4 is 10.3 Å². The highest BCUT2D eigenvalue weighted by molar-refractivity contribution is 9.10. The normalized spacial score (nSPS) is 10.4. The molecule has 0 fully saturated rings. The van der Waals surface area contributed by atoms with E-state index in [1.54, 1.807) is 49.7 Å². The van der Waals surface area contributed by atoms with Crippen LogP contribution in [0, 0.1) is 11.3 Å². The standard InChI is InChI=1S/C23H15BrN4O2/c1-30-22-10-9-16(24)12-17(22)18-13-20(19-7-4-5-11-26-19)27-28(23(18)29)21-8-3-2-6-15(21)14-25/h2-13H,1H3. The molecule has 0 spiro atoms. The molecule has 0 aliphatic rings. The van der Waals surface area contributed by atoms with Gasteiger partial charge in [-0.1, -0.05) is 34.1 Å². The summed E-state index contributed by atoms with van der Waals surface area (Å²) in [5.41, 5.74) is 2.48. The van der Waals surface area contributed by atoms with Crippen molar-refractivity contribution in [2.24, 2.45) is 0 Å². The van der Waals surface area contributed by atoms with Crippen molar-refractivity contribution >= 4 is 15.9 Å². The molecule has 7 heteroatoms. The Morgan fingerprint density at radius 2 is 1.80 bits per heavy atom. The average Bonchev–Trinajstić information content (AvgIpc) is 2.80. The molecule has 6 nitrogen and oxygen atoms in total. The van der Waals surface area contributed by atoms with Crippen LogP contribution in [0.15, 0.2) is 82.2 Å². The first-order valence-electron chi connectivity index (χ1n) is 9.01. The van der Waals surface area contributed by atoms with Gasteiger partial charge in [0.05, 0.1) is 29.6 Å². The summed E-state index contributed by atoms with van der Waals surface area (Å²) in [6.07, 6.45) is 1.66. The molecular formula is C23H15BrN4O2. The molecule has 2 aromatic carbocycles. The van der Waals surface area contributed by atoms with E-state index in [0.29, 0.717) is 39.5 Å². The molecule has 2 heterocycles. The molecule has 0 radical (unpaired) electrons. The number of rotatable bonds is 4. The van der Waals surface area contributed by atoms with Crippen LogP contribution in [0.25, 0.3) is 28.2 Å². The third kappa shape index (κ3) is 3.61. The number of methoxy groups -OCH3 is 1. The molecule has 0 aliphatic heterocycles. The van der Waals surface area contributed by atoms with E-state index >= 15 is 0 Å². The first-order chi connectivity index (χ1) is 14.6. The maximum atomic E-state index is 13.5. The molecule has 0 saturated heterocycles. The number of hydrogen-bond acceptors (Lipinski definition) is 5. The summed E-state index contributed by atoms with van der Waals surface area (Å²) in [6.45, 7) is 0. The lowest BCUT2D eigenvalue weighted by molar-refractivity contribution is 0.416. The molecule has 0 unspecified atom stereocenters. The molecule has 0 saturated carbocycles. The molecule has 0 bridgehead atoms. The number of hydrogen-bond donors (Lipinski definition) is 0. The fraction of sp³-hybridized carbons (Fsp3) is 0.0435. The third-order valence-electron chi connectivity index (χ3n) is 4.54. The lowest BCUT2D eigenvalue weighted by atomic mass is 10.0. The summed E-state index contributed by atoms with van der Waals surface area (Å²) in [4.78, 5) is 17.9. The SMILES string of the molecule is COc1ccc(Br)cc1-c1cc(-c2ccccn2)nn(-c2ccccc2C#N)c1=O. The molecule has 0 atom stereocenters. The lowest BCUT2D eigenvalue weighted by Crippen LogP contribution is -2.24. The Hall–Kier alpha value is -3.76. The van der Waals surface area contributed by atoms with E-state index in [-0.39, 0.29) is 5.56 Å². The second-order valence-electron chi connectivity index (χ2n) is 6.35. The van der Waals surface area contributed by atoms with Gasteiger partial charge >= 0.3 is 0 Å². The van der Waals surface area contributed by atoms with Crippen LogP contribution in [0.3, 0.4) is 0 Å². The quantitative estimate of drug-likeness (QED) is 0.446. The fourth-order valence-corrected chi connectivity index (χ4v) is 3.49. The van der Waals surface area contributed by atoms with Crippen LogP contribution in [0.1, 0.15) is 5.56 Å². The van der Waals surface area contributed by atoms with Crippen molar-refractivity contribution < 1.29 is 4.74 Å². The van der Waals surface area contributed by atoms with Gasteiger partial charge in [0, 0.05) is 16.2 Å². The summed E-state index contributed by atoms with van der Waals surface area (Å²) < 4.78 is 7.54. The summed E-state index contributed by atoms with van der Waals surface area (Å²) in [7, 11) is 1.55. The van der Waals surface area contributed by atoms with Crippen LogP contribution in [0.4, 0.5) is 0 Å². The van der Waals surface area contributed by atoms with Gasteiger partial charge < -0.3 is 4.74 Å². The van der Waals surface area contributed by atoms with Crippen molar-refractivity contribution in [1.29, 1.82) is 5.26 Å². The Morgan fingerprint density at radius 1 is 1.00 bits per heavy atom. The maximum Gasteiger partial charge on any atom is 0.279 e. The number of benzene rings is 2. The van der Waals surface area contributed by atoms with E-state index < -0.39 is 0 Å². The largest absolute Gasteiger partial charge is 0.496 e. The van der Waals surface area contributed by atoms with Crippen LogP contribution in [0.2, 0.25) is 0 Å². The maximum absolute atomic E-state index is 13.5. The number of nitriles is 1. The molecule has 146 valence electrons. The van der Waals surface area contributed by atoms with Gasteiger partial charge in [-0.3, -0.25) is 9.78 Å². The van der Waals surface area contributed by atoms with Gasteiger partial charge in [0.1, 0.15) is 17.5 Å². The molecule has 0 N–H and O–H groups in total. The summed E-state index contributed by atoms with van der Waals surface area (Å²) in [5, 5.41) is 14.1. The monoisotopic (exact) mass is 458 g/mol. The predicted molar refractivity (Wildman–Crippen MR) is 117 cm³/mol. The number of halogens is 1. The van der Waals surface area contributed by atoms with E-state index in [0.717, 1.165) is 4.47 Å². The Bertz CT molecular complexity index is 1330. The Kier molecular flexibility index (Phi) is 5.42. The smallest absolute Gasteiger partial charge is 0.279 e. The van der Waals surface area contributed by atoms with Crippen molar-refractivity contribution in [3.8, 4) is 40.0 Å².